The molecule has 2 aliphatic rings. The molecule has 0 aliphatic carbocycles. The normalized spacial score (nSPS) is 25.1. The molecule has 0 bridgehead atoms. The second-order valence-electron chi connectivity index (χ2n) is 7.84. The third-order valence-electron chi connectivity index (χ3n) is 5.77. The van der Waals surface area contributed by atoms with Gasteiger partial charge in [-0.25, -0.2) is 5.01 Å². The SMILES string of the molecule is CCOc1cc(C[C@@H]2CCCN(N)C2c2ccccc2)c2c(c1)C[C@H](C)O2. The largest absolute Gasteiger partial charge is 0.494 e. The number of ether oxygens (including phenoxy) is 2. The van der Waals surface area contributed by atoms with Gasteiger partial charge in [0.1, 0.15) is 17.6 Å². The van der Waals surface area contributed by atoms with Gasteiger partial charge in [-0.2, -0.15) is 0 Å². The van der Waals surface area contributed by atoms with E-state index in [1.807, 2.05) is 11.9 Å². The van der Waals surface area contributed by atoms with E-state index in [0.717, 1.165) is 37.3 Å². The molecule has 0 amide bonds. The number of nitrogens with two attached hydrogens (primary N) is 1. The molecule has 2 aromatic rings. The molecule has 27 heavy (non-hydrogen) atoms. The zero-order valence-electron chi connectivity index (χ0n) is 16.4. The van der Waals surface area contributed by atoms with Gasteiger partial charge in [-0.05, 0) is 62.3 Å². The standard InChI is InChI=1S/C23H30N2O2/c1-3-26-21-14-19-12-16(2)27-23(19)20(15-21)13-18-10-7-11-25(24)22(18)17-8-5-4-6-9-17/h4-6,8-9,14-16,18,22H,3,7,10-13,24H2,1-2H3/t16-,18-,22?/m0/s1. The summed E-state index contributed by atoms with van der Waals surface area (Å²) < 4.78 is 12.0. The Kier molecular flexibility index (Phi) is 5.37. The van der Waals surface area contributed by atoms with Crippen LogP contribution in [-0.4, -0.2) is 24.3 Å². The monoisotopic (exact) mass is 366 g/mol. The Morgan fingerprint density at radius 2 is 2.04 bits per heavy atom. The molecule has 3 atom stereocenters. The Labute approximate surface area is 162 Å². The molecular formula is C23H30N2O2. The Balaban J connectivity index is 1.66. The third-order valence-corrected chi connectivity index (χ3v) is 5.77. The van der Waals surface area contributed by atoms with Gasteiger partial charge in [-0.15, -0.1) is 0 Å². The summed E-state index contributed by atoms with van der Waals surface area (Å²) in [6, 6.07) is 15.2. The molecule has 0 spiro atoms. The van der Waals surface area contributed by atoms with Gasteiger partial charge in [0, 0.05) is 18.5 Å². The Hall–Kier alpha value is -2.04. The van der Waals surface area contributed by atoms with Crippen molar-refractivity contribution in [2.24, 2.45) is 11.8 Å². The van der Waals surface area contributed by atoms with Crippen LogP contribution in [0.25, 0.3) is 0 Å². The van der Waals surface area contributed by atoms with Crippen molar-refractivity contribution in [1.82, 2.24) is 5.01 Å². The zero-order chi connectivity index (χ0) is 18.8. The van der Waals surface area contributed by atoms with Gasteiger partial charge in [-0.3, -0.25) is 5.84 Å². The van der Waals surface area contributed by atoms with Crippen molar-refractivity contribution >= 4 is 0 Å². The van der Waals surface area contributed by atoms with E-state index >= 15 is 0 Å². The summed E-state index contributed by atoms with van der Waals surface area (Å²) in [5.41, 5.74) is 3.85. The summed E-state index contributed by atoms with van der Waals surface area (Å²) in [7, 11) is 0. The van der Waals surface area contributed by atoms with Crippen LogP contribution in [0.3, 0.4) is 0 Å². The molecule has 2 heterocycles. The first-order valence-electron chi connectivity index (χ1n) is 10.2. The second-order valence-corrected chi connectivity index (χ2v) is 7.84. The summed E-state index contributed by atoms with van der Waals surface area (Å²) in [6.07, 6.45) is 4.46. The summed E-state index contributed by atoms with van der Waals surface area (Å²) >= 11 is 0. The molecule has 4 heteroatoms. The van der Waals surface area contributed by atoms with Crippen LogP contribution in [0, 0.1) is 5.92 Å². The first-order valence-corrected chi connectivity index (χ1v) is 10.2. The molecule has 1 saturated heterocycles. The fraction of sp³-hybridized carbons (Fsp3) is 0.478. The van der Waals surface area contributed by atoms with Gasteiger partial charge in [0.15, 0.2) is 0 Å². The van der Waals surface area contributed by atoms with Crippen molar-refractivity contribution in [1.29, 1.82) is 0 Å². The molecule has 4 rings (SSSR count). The molecular weight excluding hydrogens is 336 g/mol. The highest BCUT2D eigenvalue weighted by molar-refractivity contribution is 5.50. The molecule has 2 N–H and O–H groups in total. The van der Waals surface area contributed by atoms with E-state index in [1.54, 1.807) is 0 Å². The van der Waals surface area contributed by atoms with Crippen LogP contribution in [0.4, 0.5) is 0 Å². The van der Waals surface area contributed by atoms with E-state index in [4.69, 9.17) is 15.3 Å². The topological polar surface area (TPSA) is 47.7 Å². The highest BCUT2D eigenvalue weighted by atomic mass is 16.5. The Morgan fingerprint density at radius 1 is 1.22 bits per heavy atom. The summed E-state index contributed by atoms with van der Waals surface area (Å²) in [5.74, 6) is 8.94. The lowest BCUT2D eigenvalue weighted by Crippen LogP contribution is -2.44. The van der Waals surface area contributed by atoms with E-state index in [2.05, 4.69) is 49.4 Å². The second kappa shape index (κ2) is 7.91. The van der Waals surface area contributed by atoms with Crippen LogP contribution in [0.1, 0.15) is 49.4 Å². The quantitative estimate of drug-likeness (QED) is 0.803. The lowest BCUT2D eigenvalue weighted by Gasteiger charge is -2.39. The summed E-state index contributed by atoms with van der Waals surface area (Å²) in [4.78, 5) is 0. The first-order chi connectivity index (χ1) is 13.2. The smallest absolute Gasteiger partial charge is 0.126 e. The lowest BCUT2D eigenvalue weighted by atomic mass is 9.81. The molecule has 2 aromatic carbocycles. The van der Waals surface area contributed by atoms with Crippen molar-refractivity contribution in [2.45, 2.75) is 51.7 Å². The van der Waals surface area contributed by atoms with Crippen molar-refractivity contribution in [3.8, 4) is 11.5 Å². The van der Waals surface area contributed by atoms with Crippen LogP contribution in [-0.2, 0) is 12.8 Å². The zero-order valence-corrected chi connectivity index (χ0v) is 16.4. The number of benzene rings is 2. The number of nitrogens with zero attached hydrogens (tertiary/aromatic N) is 1. The molecule has 0 radical (unpaired) electrons. The maximum Gasteiger partial charge on any atom is 0.126 e. The predicted molar refractivity (Wildman–Crippen MR) is 108 cm³/mol. The maximum absolute atomic E-state index is 6.44. The molecule has 2 aliphatic heterocycles. The Morgan fingerprint density at radius 3 is 2.81 bits per heavy atom. The lowest BCUT2D eigenvalue weighted by molar-refractivity contribution is 0.0920. The number of piperidine rings is 1. The van der Waals surface area contributed by atoms with Crippen molar-refractivity contribution in [3.05, 3.63) is 59.2 Å². The molecule has 0 aromatic heterocycles. The number of hydrogen-bond donors (Lipinski definition) is 1. The van der Waals surface area contributed by atoms with Gasteiger partial charge in [0.2, 0.25) is 0 Å². The minimum absolute atomic E-state index is 0.234. The van der Waals surface area contributed by atoms with E-state index in [9.17, 15) is 0 Å². The van der Waals surface area contributed by atoms with Crippen molar-refractivity contribution < 1.29 is 9.47 Å². The van der Waals surface area contributed by atoms with Gasteiger partial charge in [-0.1, -0.05) is 30.3 Å². The van der Waals surface area contributed by atoms with Gasteiger partial charge < -0.3 is 9.47 Å². The van der Waals surface area contributed by atoms with Crippen LogP contribution in [0.15, 0.2) is 42.5 Å². The van der Waals surface area contributed by atoms with Crippen LogP contribution < -0.4 is 15.3 Å². The van der Waals surface area contributed by atoms with E-state index in [1.165, 1.54) is 23.1 Å². The molecule has 0 saturated carbocycles. The van der Waals surface area contributed by atoms with Crippen molar-refractivity contribution in [3.63, 3.8) is 0 Å². The fourth-order valence-corrected chi connectivity index (χ4v) is 4.69. The minimum atomic E-state index is 0.234. The number of hydrogen-bond acceptors (Lipinski definition) is 4. The molecule has 1 fully saturated rings. The van der Waals surface area contributed by atoms with Crippen LogP contribution >= 0.6 is 0 Å². The number of fused-ring (bicyclic) bond motifs is 1. The molecule has 144 valence electrons. The van der Waals surface area contributed by atoms with Crippen LogP contribution in [0.2, 0.25) is 0 Å². The van der Waals surface area contributed by atoms with Crippen LogP contribution in [0.5, 0.6) is 11.5 Å². The summed E-state index contributed by atoms with van der Waals surface area (Å²) in [5, 5.41) is 2.03. The van der Waals surface area contributed by atoms with Crippen molar-refractivity contribution in [2.75, 3.05) is 13.2 Å². The van der Waals surface area contributed by atoms with E-state index in [-0.39, 0.29) is 12.1 Å². The first kappa shape index (κ1) is 18.3. The van der Waals surface area contributed by atoms with E-state index < -0.39 is 0 Å². The molecule has 4 nitrogen and oxygen atoms in total. The average molecular weight is 367 g/mol. The van der Waals surface area contributed by atoms with Gasteiger partial charge in [0.05, 0.1) is 12.6 Å². The van der Waals surface area contributed by atoms with Gasteiger partial charge in [0.25, 0.3) is 0 Å². The third kappa shape index (κ3) is 3.83. The number of hydrazine groups is 1. The van der Waals surface area contributed by atoms with E-state index in [0.29, 0.717) is 12.5 Å². The average Bonchev–Trinajstić information content (AvgIpc) is 3.03. The molecule has 1 unspecified atom stereocenters. The highest BCUT2D eigenvalue weighted by Gasteiger charge is 2.33. The highest BCUT2D eigenvalue weighted by Crippen LogP contribution is 2.42. The predicted octanol–water partition coefficient (Wildman–Crippen LogP) is 4.28. The van der Waals surface area contributed by atoms with Gasteiger partial charge >= 0.3 is 0 Å². The minimum Gasteiger partial charge on any atom is -0.494 e. The number of rotatable bonds is 5. The summed E-state index contributed by atoms with van der Waals surface area (Å²) in [6.45, 7) is 5.80. The maximum atomic E-state index is 6.44. The fourth-order valence-electron chi connectivity index (χ4n) is 4.69. The Bertz CT molecular complexity index is 777.